The van der Waals surface area contributed by atoms with Crippen LogP contribution in [0.2, 0.25) is 0 Å². The fourth-order valence-electron chi connectivity index (χ4n) is 4.56. The van der Waals surface area contributed by atoms with Crippen LogP contribution in [0.1, 0.15) is 56.0 Å². The largest absolute Gasteiger partial charge is 0.497 e. The van der Waals surface area contributed by atoms with Crippen LogP contribution in [0.3, 0.4) is 0 Å². The Bertz CT molecular complexity index is 825. The molecule has 1 aromatic carbocycles. The summed E-state index contributed by atoms with van der Waals surface area (Å²) in [4.78, 5) is 29.4. The van der Waals surface area contributed by atoms with Crippen molar-refractivity contribution in [2.45, 2.75) is 51.6 Å². The van der Waals surface area contributed by atoms with Crippen LogP contribution < -0.4 is 9.64 Å². The second-order valence-electron chi connectivity index (χ2n) is 8.18. The number of ketones is 1. The fourth-order valence-corrected chi connectivity index (χ4v) is 4.56. The zero-order valence-electron chi connectivity index (χ0n) is 16.0. The molecule has 1 atom stereocenters. The van der Waals surface area contributed by atoms with Crippen molar-refractivity contribution >= 4 is 23.0 Å². The Hall–Kier alpha value is -2.14. The van der Waals surface area contributed by atoms with E-state index in [4.69, 9.17) is 4.74 Å². The van der Waals surface area contributed by atoms with E-state index < -0.39 is 17.2 Å². The summed E-state index contributed by atoms with van der Waals surface area (Å²) < 4.78 is 5.41. The van der Waals surface area contributed by atoms with E-state index in [9.17, 15) is 9.59 Å². The minimum atomic E-state index is -0.520. The van der Waals surface area contributed by atoms with Crippen molar-refractivity contribution in [3.05, 3.63) is 29.3 Å². The van der Waals surface area contributed by atoms with E-state index in [0.717, 1.165) is 24.3 Å². The summed E-state index contributed by atoms with van der Waals surface area (Å²) in [5, 5.41) is 0. The number of benzene rings is 1. The summed E-state index contributed by atoms with van der Waals surface area (Å²) in [6, 6.07) is 4.21. The monoisotopic (exact) mass is 354 g/mol. The highest BCUT2D eigenvalue weighted by Gasteiger charge is 2.47. The van der Waals surface area contributed by atoms with Crippen molar-refractivity contribution in [2.75, 3.05) is 25.1 Å². The smallest absolute Gasteiger partial charge is 0.300 e. The number of rotatable bonds is 3. The Kier molecular flexibility index (Phi) is 3.95. The fraction of sp³-hybridized carbons (Fsp3) is 0.524. The molecular formula is C21H26N2O3. The summed E-state index contributed by atoms with van der Waals surface area (Å²) in [6.07, 6.45) is 5.88. The van der Waals surface area contributed by atoms with Crippen molar-refractivity contribution in [2.24, 2.45) is 0 Å². The molecule has 0 radical (unpaired) electrons. The van der Waals surface area contributed by atoms with Crippen molar-refractivity contribution in [1.29, 1.82) is 0 Å². The van der Waals surface area contributed by atoms with Crippen LogP contribution in [0.4, 0.5) is 5.69 Å². The normalized spacial score (nSPS) is 24.5. The summed E-state index contributed by atoms with van der Waals surface area (Å²) in [5.41, 5.74) is 2.84. The van der Waals surface area contributed by atoms with Gasteiger partial charge in [0.25, 0.3) is 11.7 Å². The molecule has 5 nitrogen and oxygen atoms in total. The van der Waals surface area contributed by atoms with Crippen molar-refractivity contribution in [3.8, 4) is 5.75 Å². The first-order valence-corrected chi connectivity index (χ1v) is 9.40. The van der Waals surface area contributed by atoms with Gasteiger partial charge in [-0.15, -0.1) is 0 Å². The number of carbonyl (C=O) groups is 2. The van der Waals surface area contributed by atoms with Crippen LogP contribution in [0.5, 0.6) is 5.75 Å². The van der Waals surface area contributed by atoms with Crippen LogP contribution in [0, 0.1) is 0 Å². The molecule has 3 aliphatic heterocycles. The minimum absolute atomic E-state index is 0.436. The number of nitrogens with zero attached hydrogens (tertiary/aromatic N) is 2. The number of carbonyl (C=O) groups excluding carboxylic acids is 2. The van der Waals surface area contributed by atoms with Gasteiger partial charge in [0.05, 0.1) is 23.9 Å². The molecular weight excluding hydrogens is 328 g/mol. The Morgan fingerprint density at radius 2 is 1.92 bits per heavy atom. The number of hydrogen-bond acceptors (Lipinski definition) is 4. The van der Waals surface area contributed by atoms with Gasteiger partial charge in [-0.25, -0.2) is 0 Å². The SMILES string of the molecule is COc1cc2c3c(c1)C(CN1CCCC[C@H]1C)=CC(C)(C)N3C(=O)C2=O. The molecule has 0 N–H and O–H groups in total. The maximum atomic E-state index is 12.6. The average Bonchev–Trinajstić information content (AvgIpc) is 2.86. The first-order chi connectivity index (χ1) is 12.3. The lowest BCUT2D eigenvalue weighted by atomic mass is 9.87. The molecule has 0 spiro atoms. The van der Waals surface area contributed by atoms with Crippen LogP contribution in [0.15, 0.2) is 18.2 Å². The Balaban J connectivity index is 1.84. The molecule has 0 aliphatic carbocycles. The van der Waals surface area contributed by atoms with Gasteiger partial charge < -0.3 is 4.74 Å². The van der Waals surface area contributed by atoms with Gasteiger partial charge in [-0.05, 0) is 57.9 Å². The number of anilines is 1. The van der Waals surface area contributed by atoms with E-state index in [2.05, 4.69) is 17.9 Å². The summed E-state index contributed by atoms with van der Waals surface area (Å²) >= 11 is 0. The van der Waals surface area contributed by atoms with E-state index in [0.29, 0.717) is 17.4 Å². The maximum Gasteiger partial charge on any atom is 0.300 e. The van der Waals surface area contributed by atoms with E-state index in [1.54, 1.807) is 18.1 Å². The van der Waals surface area contributed by atoms with Crippen LogP contribution in [-0.4, -0.2) is 48.4 Å². The summed E-state index contributed by atoms with van der Waals surface area (Å²) in [6.45, 7) is 8.20. The predicted octanol–water partition coefficient (Wildman–Crippen LogP) is 3.27. The number of amides is 1. The van der Waals surface area contributed by atoms with Gasteiger partial charge in [0, 0.05) is 18.2 Å². The van der Waals surface area contributed by atoms with Crippen molar-refractivity contribution < 1.29 is 14.3 Å². The molecule has 1 amide bonds. The third-order valence-corrected chi connectivity index (χ3v) is 5.95. The third-order valence-electron chi connectivity index (χ3n) is 5.95. The maximum absolute atomic E-state index is 12.6. The quantitative estimate of drug-likeness (QED) is 0.782. The Labute approximate surface area is 154 Å². The lowest BCUT2D eigenvalue weighted by Gasteiger charge is -2.41. The molecule has 3 heterocycles. The topological polar surface area (TPSA) is 49.9 Å². The van der Waals surface area contributed by atoms with Crippen molar-refractivity contribution in [1.82, 2.24) is 4.90 Å². The number of piperidine rings is 1. The molecule has 5 heteroatoms. The summed E-state index contributed by atoms with van der Waals surface area (Å²) in [7, 11) is 1.59. The first-order valence-electron chi connectivity index (χ1n) is 9.40. The van der Waals surface area contributed by atoms with Gasteiger partial charge in [0.1, 0.15) is 5.75 Å². The minimum Gasteiger partial charge on any atom is -0.497 e. The molecule has 0 unspecified atom stereocenters. The van der Waals surface area contributed by atoms with Gasteiger partial charge in [-0.3, -0.25) is 19.4 Å². The lowest BCUT2D eigenvalue weighted by Crippen LogP contribution is -2.48. The molecule has 1 saturated heterocycles. The second kappa shape index (κ2) is 5.95. The van der Waals surface area contributed by atoms with Gasteiger partial charge in [0.2, 0.25) is 0 Å². The standard InChI is InChI=1S/C21H26N2O3/c1-13-7-5-6-8-22(13)12-14-11-21(2,3)23-18-16(14)9-15(26-4)10-17(18)19(24)20(23)25/h9-11,13H,5-8,12H2,1-4H3/t13-/m1/s1. The molecule has 0 bridgehead atoms. The Morgan fingerprint density at radius 1 is 1.19 bits per heavy atom. The molecule has 138 valence electrons. The highest BCUT2D eigenvalue weighted by molar-refractivity contribution is 6.53. The number of hydrogen-bond donors (Lipinski definition) is 0. The lowest BCUT2D eigenvalue weighted by molar-refractivity contribution is -0.115. The van der Waals surface area contributed by atoms with Crippen LogP contribution in [0.25, 0.3) is 5.57 Å². The van der Waals surface area contributed by atoms with E-state index in [-0.39, 0.29) is 0 Å². The summed E-state index contributed by atoms with van der Waals surface area (Å²) in [5.74, 6) is -0.255. The molecule has 0 aromatic heterocycles. The van der Waals surface area contributed by atoms with Gasteiger partial charge >= 0.3 is 0 Å². The van der Waals surface area contributed by atoms with E-state index in [1.165, 1.54) is 24.8 Å². The highest BCUT2D eigenvalue weighted by Crippen LogP contribution is 2.47. The molecule has 4 rings (SSSR count). The average molecular weight is 354 g/mol. The number of ether oxygens (including phenoxy) is 1. The Morgan fingerprint density at radius 3 is 2.62 bits per heavy atom. The van der Waals surface area contributed by atoms with Gasteiger partial charge in [-0.2, -0.15) is 0 Å². The highest BCUT2D eigenvalue weighted by atomic mass is 16.5. The number of Topliss-reactive ketones (excluding diaryl/α,β-unsaturated/α-hetero) is 1. The molecule has 3 aliphatic rings. The van der Waals surface area contributed by atoms with E-state index >= 15 is 0 Å². The zero-order valence-corrected chi connectivity index (χ0v) is 16.0. The van der Waals surface area contributed by atoms with Gasteiger partial charge in [0.15, 0.2) is 0 Å². The molecule has 0 saturated carbocycles. The van der Waals surface area contributed by atoms with Crippen LogP contribution in [-0.2, 0) is 4.79 Å². The van der Waals surface area contributed by atoms with Gasteiger partial charge in [-0.1, -0.05) is 12.5 Å². The predicted molar refractivity (Wildman–Crippen MR) is 102 cm³/mol. The van der Waals surface area contributed by atoms with E-state index in [1.807, 2.05) is 19.9 Å². The zero-order chi connectivity index (χ0) is 18.6. The van der Waals surface area contributed by atoms with Crippen molar-refractivity contribution in [3.63, 3.8) is 0 Å². The molecule has 26 heavy (non-hydrogen) atoms. The number of likely N-dealkylation sites (tertiary alicyclic amines) is 1. The first kappa shape index (κ1) is 17.3. The number of methoxy groups -OCH3 is 1. The third kappa shape index (κ3) is 2.49. The molecule has 1 aromatic rings. The van der Waals surface area contributed by atoms with Crippen LogP contribution >= 0.6 is 0 Å². The second-order valence-corrected chi connectivity index (χ2v) is 8.18. The molecule has 1 fully saturated rings.